The number of rotatable bonds is 2. The zero-order valence-corrected chi connectivity index (χ0v) is 12.9. The van der Waals surface area contributed by atoms with E-state index in [1.165, 1.54) is 0 Å². The van der Waals surface area contributed by atoms with Crippen molar-refractivity contribution < 1.29 is 8.83 Å². The lowest BCUT2D eigenvalue weighted by Gasteiger charge is -2.06. The molecule has 2 heterocycles. The van der Waals surface area contributed by atoms with E-state index in [9.17, 15) is 9.59 Å². The van der Waals surface area contributed by atoms with Crippen LogP contribution in [0.5, 0.6) is 0 Å². The Morgan fingerprint density at radius 1 is 0.783 bits per heavy atom. The third-order valence-electron chi connectivity index (χ3n) is 3.56. The number of benzene rings is 2. The molecule has 6 nitrogen and oxygen atoms in total. The standard InChI is InChI=1S/C15H8Cl2N2O4/c16-8-4-10-12(22-14(20)18-10)2-6(8)1-7-3-13-11(5-9(7)17)19-15(21)23-13/h2-5H,1H2,(H,18,20)(H,19,21). The summed E-state index contributed by atoms with van der Waals surface area (Å²) in [5.41, 5.74) is 3.37. The van der Waals surface area contributed by atoms with E-state index in [1.54, 1.807) is 24.3 Å². The van der Waals surface area contributed by atoms with Crippen molar-refractivity contribution in [2.75, 3.05) is 0 Å². The average molecular weight is 351 g/mol. The first-order valence-electron chi connectivity index (χ1n) is 6.62. The fourth-order valence-corrected chi connectivity index (χ4v) is 2.96. The summed E-state index contributed by atoms with van der Waals surface area (Å²) in [6.45, 7) is 0. The van der Waals surface area contributed by atoms with Gasteiger partial charge >= 0.3 is 11.5 Å². The van der Waals surface area contributed by atoms with E-state index in [0.717, 1.165) is 11.1 Å². The number of hydrogen-bond donors (Lipinski definition) is 2. The highest BCUT2D eigenvalue weighted by Crippen LogP contribution is 2.29. The van der Waals surface area contributed by atoms with Gasteiger partial charge in [0.1, 0.15) is 0 Å². The Morgan fingerprint density at radius 3 is 1.65 bits per heavy atom. The molecule has 0 radical (unpaired) electrons. The van der Waals surface area contributed by atoms with Crippen LogP contribution in [0.4, 0.5) is 0 Å². The minimum atomic E-state index is -0.540. The van der Waals surface area contributed by atoms with Crippen molar-refractivity contribution in [1.29, 1.82) is 0 Å². The molecule has 0 bridgehead atoms. The van der Waals surface area contributed by atoms with Gasteiger partial charge in [0.2, 0.25) is 0 Å². The molecule has 0 amide bonds. The van der Waals surface area contributed by atoms with Gasteiger partial charge in [0.25, 0.3) is 0 Å². The number of aromatic amines is 2. The van der Waals surface area contributed by atoms with Gasteiger partial charge in [-0.25, -0.2) is 9.59 Å². The summed E-state index contributed by atoms with van der Waals surface area (Å²) < 4.78 is 10.1. The van der Waals surface area contributed by atoms with Crippen LogP contribution in [-0.4, -0.2) is 9.97 Å². The predicted octanol–water partition coefficient (Wildman–Crippen LogP) is 3.45. The second kappa shape index (κ2) is 5.04. The first-order chi connectivity index (χ1) is 11.0. The lowest BCUT2D eigenvalue weighted by molar-refractivity contribution is 0.555. The highest BCUT2D eigenvalue weighted by atomic mass is 35.5. The molecule has 4 rings (SSSR count). The van der Waals surface area contributed by atoms with Gasteiger partial charge in [-0.2, -0.15) is 0 Å². The quantitative estimate of drug-likeness (QED) is 0.579. The zero-order valence-electron chi connectivity index (χ0n) is 11.4. The van der Waals surface area contributed by atoms with Crippen LogP contribution >= 0.6 is 23.2 Å². The summed E-state index contributed by atoms with van der Waals surface area (Å²) in [5.74, 6) is -1.08. The van der Waals surface area contributed by atoms with Gasteiger partial charge in [-0.1, -0.05) is 23.2 Å². The van der Waals surface area contributed by atoms with E-state index in [4.69, 9.17) is 32.0 Å². The molecular formula is C15H8Cl2N2O4. The number of oxazole rings is 2. The normalized spacial score (nSPS) is 11.6. The molecule has 0 fully saturated rings. The Balaban J connectivity index is 1.83. The van der Waals surface area contributed by atoms with Crippen molar-refractivity contribution in [2.24, 2.45) is 0 Å². The van der Waals surface area contributed by atoms with Crippen LogP contribution in [-0.2, 0) is 6.42 Å². The van der Waals surface area contributed by atoms with E-state index >= 15 is 0 Å². The lowest BCUT2D eigenvalue weighted by atomic mass is 10.0. The number of H-pyrrole nitrogens is 2. The molecular weight excluding hydrogens is 343 g/mol. The Kier molecular flexibility index (Phi) is 3.11. The van der Waals surface area contributed by atoms with Crippen molar-refractivity contribution >= 4 is 45.4 Å². The fourth-order valence-electron chi connectivity index (χ4n) is 2.50. The highest BCUT2D eigenvalue weighted by Gasteiger charge is 2.12. The maximum Gasteiger partial charge on any atom is 0.417 e. The van der Waals surface area contributed by atoms with Crippen LogP contribution in [0.15, 0.2) is 42.7 Å². The summed E-state index contributed by atoms with van der Waals surface area (Å²) in [5, 5.41) is 0.947. The van der Waals surface area contributed by atoms with E-state index in [0.29, 0.717) is 38.7 Å². The van der Waals surface area contributed by atoms with Gasteiger partial charge in [-0.15, -0.1) is 0 Å². The third kappa shape index (κ3) is 2.46. The van der Waals surface area contributed by atoms with Crippen LogP contribution in [0.25, 0.3) is 22.2 Å². The molecule has 0 aliphatic carbocycles. The molecule has 0 saturated heterocycles. The Morgan fingerprint density at radius 2 is 1.22 bits per heavy atom. The molecule has 2 aromatic heterocycles. The summed E-state index contributed by atoms with van der Waals surface area (Å²) in [6.07, 6.45) is 0.396. The van der Waals surface area contributed by atoms with E-state index in [2.05, 4.69) is 9.97 Å². The van der Waals surface area contributed by atoms with E-state index in [-0.39, 0.29) is 0 Å². The van der Waals surface area contributed by atoms with Gasteiger partial charge in [0.15, 0.2) is 11.2 Å². The monoisotopic (exact) mass is 350 g/mol. The first kappa shape index (κ1) is 14.2. The van der Waals surface area contributed by atoms with Crippen LogP contribution in [0, 0.1) is 0 Å². The van der Waals surface area contributed by atoms with Crippen molar-refractivity contribution in [3.63, 3.8) is 0 Å². The second-order valence-corrected chi connectivity index (χ2v) is 5.90. The van der Waals surface area contributed by atoms with Gasteiger partial charge in [0.05, 0.1) is 11.0 Å². The maximum absolute atomic E-state index is 11.2. The SMILES string of the molecule is O=c1[nH]c2cc(Cl)c(Cc3cc4oc(=O)[nH]c4cc3Cl)cc2o1. The summed E-state index contributed by atoms with van der Waals surface area (Å²) in [7, 11) is 0. The molecule has 23 heavy (non-hydrogen) atoms. The molecule has 116 valence electrons. The van der Waals surface area contributed by atoms with Crippen LogP contribution < -0.4 is 11.5 Å². The summed E-state index contributed by atoms with van der Waals surface area (Å²) in [6, 6.07) is 6.62. The molecule has 0 atom stereocenters. The minimum absolute atomic E-state index is 0.396. The van der Waals surface area contributed by atoms with Crippen molar-refractivity contribution in [1.82, 2.24) is 9.97 Å². The number of fused-ring (bicyclic) bond motifs is 2. The molecule has 0 unspecified atom stereocenters. The van der Waals surface area contributed by atoms with Gasteiger partial charge in [-0.3, -0.25) is 9.97 Å². The first-order valence-corrected chi connectivity index (χ1v) is 7.38. The van der Waals surface area contributed by atoms with Gasteiger partial charge in [-0.05, 0) is 35.4 Å². The topological polar surface area (TPSA) is 92.0 Å². The molecule has 0 aliphatic heterocycles. The second-order valence-electron chi connectivity index (χ2n) is 5.09. The summed E-state index contributed by atoms with van der Waals surface area (Å²) >= 11 is 12.5. The largest absolute Gasteiger partial charge is 0.417 e. The highest BCUT2D eigenvalue weighted by molar-refractivity contribution is 6.33. The molecule has 0 aliphatic rings. The van der Waals surface area contributed by atoms with Crippen molar-refractivity contribution in [3.8, 4) is 0 Å². The van der Waals surface area contributed by atoms with Gasteiger partial charge < -0.3 is 8.83 Å². The predicted molar refractivity (Wildman–Crippen MR) is 86.5 cm³/mol. The zero-order chi connectivity index (χ0) is 16.1. The number of halogens is 2. The Labute approximate surface area is 137 Å². The van der Waals surface area contributed by atoms with Crippen LogP contribution in [0.2, 0.25) is 10.0 Å². The third-order valence-corrected chi connectivity index (χ3v) is 4.26. The van der Waals surface area contributed by atoms with E-state index < -0.39 is 11.5 Å². The maximum atomic E-state index is 11.2. The molecule has 2 aromatic carbocycles. The fraction of sp³-hybridized carbons (Fsp3) is 0.0667. The molecule has 4 aromatic rings. The molecule has 8 heteroatoms. The molecule has 0 spiro atoms. The Hall–Kier alpha value is -2.44. The van der Waals surface area contributed by atoms with E-state index in [1.807, 2.05) is 0 Å². The Bertz CT molecular complexity index is 1070. The van der Waals surface area contributed by atoms with Crippen molar-refractivity contribution in [3.05, 3.63) is 66.5 Å². The van der Waals surface area contributed by atoms with Crippen molar-refractivity contribution in [2.45, 2.75) is 6.42 Å². The average Bonchev–Trinajstić information content (AvgIpc) is 3.00. The number of nitrogens with one attached hydrogen (secondary N) is 2. The lowest BCUT2D eigenvalue weighted by Crippen LogP contribution is -1.93. The van der Waals surface area contributed by atoms with Crippen LogP contribution in [0.3, 0.4) is 0 Å². The number of hydrogen-bond acceptors (Lipinski definition) is 4. The molecule has 0 saturated carbocycles. The van der Waals surface area contributed by atoms with Gasteiger partial charge in [0, 0.05) is 16.5 Å². The summed E-state index contributed by atoms with van der Waals surface area (Å²) in [4.78, 5) is 27.6. The van der Waals surface area contributed by atoms with Crippen LogP contribution in [0.1, 0.15) is 11.1 Å². The minimum Gasteiger partial charge on any atom is -0.408 e. The molecule has 2 N–H and O–H groups in total. The smallest absolute Gasteiger partial charge is 0.408 e. The number of aromatic nitrogens is 2.